The van der Waals surface area contributed by atoms with Crippen molar-refractivity contribution in [2.75, 3.05) is 10.6 Å². The molecule has 0 aliphatic rings. The highest BCUT2D eigenvalue weighted by Gasteiger charge is 2.28. The predicted octanol–water partition coefficient (Wildman–Crippen LogP) is 2.59. The van der Waals surface area contributed by atoms with Gasteiger partial charge in [-0.15, -0.1) is 0 Å². The first-order valence-electron chi connectivity index (χ1n) is 8.43. The number of nitrogen functional groups attached to an aromatic ring is 1. The highest BCUT2D eigenvalue weighted by molar-refractivity contribution is 6.45. The third-order valence-corrected chi connectivity index (χ3v) is 4.08. The maximum Gasteiger partial charge on any atom is 0.323 e. The lowest BCUT2D eigenvalue weighted by atomic mass is 10.0. The minimum absolute atomic E-state index is 0.262. The first-order chi connectivity index (χ1) is 12.3. The predicted molar refractivity (Wildman–Crippen MR) is 101 cm³/mol. The Morgan fingerprint density at radius 3 is 2.31 bits per heavy atom. The topological polar surface area (TPSA) is 92.5 Å². The fourth-order valence-electron chi connectivity index (χ4n) is 2.59. The zero-order valence-corrected chi connectivity index (χ0v) is 15.2. The Hall–Kier alpha value is -3.15. The maximum atomic E-state index is 12.5. The molecular weight excluding hydrogens is 330 g/mol. The van der Waals surface area contributed by atoms with Gasteiger partial charge in [-0.3, -0.25) is 14.4 Å². The third-order valence-electron chi connectivity index (χ3n) is 4.08. The number of nitrogens with two attached hydrogens (primary N) is 1. The summed E-state index contributed by atoms with van der Waals surface area (Å²) in [7, 11) is 0. The summed E-state index contributed by atoms with van der Waals surface area (Å²) in [5.41, 5.74) is 8.42. The van der Waals surface area contributed by atoms with Crippen LogP contribution in [0.4, 0.5) is 11.4 Å². The van der Waals surface area contributed by atoms with Gasteiger partial charge in [0.05, 0.1) is 11.7 Å². The minimum Gasteiger partial charge on any atom is -0.399 e. The van der Waals surface area contributed by atoms with E-state index in [4.69, 9.17) is 5.73 Å². The molecule has 1 atom stereocenters. The van der Waals surface area contributed by atoms with Crippen molar-refractivity contribution in [1.29, 1.82) is 0 Å². The van der Waals surface area contributed by atoms with Gasteiger partial charge in [0, 0.05) is 12.6 Å². The van der Waals surface area contributed by atoms with E-state index < -0.39 is 17.7 Å². The monoisotopic (exact) mass is 353 g/mol. The summed E-state index contributed by atoms with van der Waals surface area (Å²) in [6.07, 6.45) is 0.924. The molecule has 2 rings (SSSR count). The third kappa shape index (κ3) is 4.47. The molecule has 0 saturated heterocycles. The first kappa shape index (κ1) is 19.2. The van der Waals surface area contributed by atoms with Crippen molar-refractivity contribution in [2.45, 2.75) is 33.2 Å². The number of imide groups is 1. The summed E-state index contributed by atoms with van der Waals surface area (Å²) in [6, 6.07) is 13.7. The number of nitrogens with one attached hydrogen (secondary N) is 1. The van der Waals surface area contributed by atoms with Gasteiger partial charge in [-0.05, 0) is 42.7 Å². The van der Waals surface area contributed by atoms with Crippen molar-refractivity contribution >= 4 is 29.1 Å². The summed E-state index contributed by atoms with van der Waals surface area (Å²) in [5.74, 6) is -2.36. The van der Waals surface area contributed by atoms with Crippen LogP contribution in [-0.4, -0.2) is 17.7 Å². The van der Waals surface area contributed by atoms with Gasteiger partial charge in [-0.25, -0.2) is 4.90 Å². The van der Waals surface area contributed by atoms with Gasteiger partial charge >= 0.3 is 11.8 Å². The number of hydrogen-bond donors (Lipinski definition) is 2. The van der Waals surface area contributed by atoms with E-state index in [2.05, 4.69) is 12.2 Å². The van der Waals surface area contributed by atoms with Crippen molar-refractivity contribution < 1.29 is 14.4 Å². The number of nitrogens with zero attached hydrogens (tertiary/aromatic N) is 1. The first-order valence-corrected chi connectivity index (χ1v) is 8.43. The highest BCUT2D eigenvalue weighted by atomic mass is 16.2. The zero-order chi connectivity index (χ0) is 19.3. The summed E-state index contributed by atoms with van der Waals surface area (Å²) in [6.45, 7) is 5.07. The highest BCUT2D eigenvalue weighted by Crippen LogP contribution is 2.19. The van der Waals surface area contributed by atoms with E-state index in [0.29, 0.717) is 5.69 Å². The molecule has 0 fully saturated rings. The second-order valence-corrected chi connectivity index (χ2v) is 6.04. The fourth-order valence-corrected chi connectivity index (χ4v) is 2.59. The van der Waals surface area contributed by atoms with Gasteiger partial charge in [-0.2, -0.15) is 0 Å². The Balaban J connectivity index is 2.15. The standard InChI is InChI=1S/C20H23N3O3/c1-4-15-8-10-16(11-9-15)13(2)22-19(25)20(26)23(14(3)24)18-7-5-6-17(21)12-18/h5-13H,4,21H2,1-3H3,(H,22,25). The summed E-state index contributed by atoms with van der Waals surface area (Å²) in [5, 5.41) is 2.64. The lowest BCUT2D eigenvalue weighted by molar-refractivity contribution is -0.139. The van der Waals surface area contributed by atoms with Gasteiger partial charge in [0.2, 0.25) is 5.91 Å². The Kier molecular flexibility index (Phi) is 6.11. The molecule has 0 heterocycles. The zero-order valence-electron chi connectivity index (χ0n) is 15.2. The van der Waals surface area contributed by atoms with Crippen LogP contribution in [0.15, 0.2) is 48.5 Å². The number of aryl methyl sites for hydroxylation is 1. The number of benzene rings is 2. The van der Waals surface area contributed by atoms with Gasteiger partial charge in [-0.1, -0.05) is 37.3 Å². The van der Waals surface area contributed by atoms with Crippen LogP contribution in [0.3, 0.4) is 0 Å². The number of anilines is 2. The second kappa shape index (κ2) is 8.29. The molecule has 0 aliphatic carbocycles. The fraction of sp³-hybridized carbons (Fsp3) is 0.250. The van der Waals surface area contributed by atoms with Crippen LogP contribution >= 0.6 is 0 Å². The number of amides is 3. The van der Waals surface area contributed by atoms with Crippen LogP contribution in [0.25, 0.3) is 0 Å². The molecule has 0 aromatic heterocycles. The minimum atomic E-state index is -0.944. The molecule has 0 spiro atoms. The molecule has 1 unspecified atom stereocenters. The molecule has 6 nitrogen and oxygen atoms in total. The van der Waals surface area contributed by atoms with Crippen molar-refractivity contribution in [3.63, 3.8) is 0 Å². The molecule has 0 saturated carbocycles. The van der Waals surface area contributed by atoms with Crippen molar-refractivity contribution in [1.82, 2.24) is 5.32 Å². The Labute approximate surface area is 153 Å². The van der Waals surface area contributed by atoms with E-state index in [1.54, 1.807) is 25.1 Å². The molecule has 2 aromatic carbocycles. The van der Waals surface area contributed by atoms with E-state index in [1.807, 2.05) is 24.3 Å². The molecule has 0 radical (unpaired) electrons. The second-order valence-electron chi connectivity index (χ2n) is 6.04. The Morgan fingerprint density at radius 2 is 1.77 bits per heavy atom. The van der Waals surface area contributed by atoms with Gasteiger partial charge in [0.15, 0.2) is 0 Å². The quantitative estimate of drug-likeness (QED) is 0.653. The molecular formula is C20H23N3O3. The summed E-state index contributed by atoms with van der Waals surface area (Å²) in [4.78, 5) is 37.6. The largest absolute Gasteiger partial charge is 0.399 e. The molecule has 136 valence electrons. The average molecular weight is 353 g/mol. The van der Waals surface area contributed by atoms with Crippen LogP contribution in [0.1, 0.15) is 37.9 Å². The number of carbonyl (C=O) groups is 3. The number of carbonyl (C=O) groups excluding carboxylic acids is 3. The van der Waals surface area contributed by atoms with E-state index in [0.717, 1.165) is 16.9 Å². The van der Waals surface area contributed by atoms with Crippen molar-refractivity contribution in [3.8, 4) is 0 Å². The average Bonchev–Trinajstić information content (AvgIpc) is 2.61. The Bertz CT molecular complexity index is 815. The van der Waals surface area contributed by atoms with Crippen molar-refractivity contribution in [2.24, 2.45) is 0 Å². The SMILES string of the molecule is CCc1ccc(C(C)NC(=O)C(=O)N(C(C)=O)c2cccc(N)c2)cc1. The molecule has 2 aromatic rings. The van der Waals surface area contributed by atoms with Gasteiger partial charge in [0.25, 0.3) is 0 Å². The van der Waals surface area contributed by atoms with Crippen LogP contribution in [0.5, 0.6) is 0 Å². The van der Waals surface area contributed by atoms with E-state index in [9.17, 15) is 14.4 Å². The lowest BCUT2D eigenvalue weighted by Gasteiger charge is -2.21. The van der Waals surface area contributed by atoms with E-state index in [-0.39, 0.29) is 11.7 Å². The maximum absolute atomic E-state index is 12.5. The van der Waals surface area contributed by atoms with Crippen LogP contribution < -0.4 is 16.0 Å². The van der Waals surface area contributed by atoms with E-state index in [1.165, 1.54) is 18.6 Å². The Morgan fingerprint density at radius 1 is 1.12 bits per heavy atom. The molecule has 3 amide bonds. The van der Waals surface area contributed by atoms with Crippen LogP contribution in [0, 0.1) is 0 Å². The molecule has 26 heavy (non-hydrogen) atoms. The summed E-state index contributed by atoms with van der Waals surface area (Å²) < 4.78 is 0. The van der Waals surface area contributed by atoms with Gasteiger partial charge < -0.3 is 11.1 Å². The molecule has 0 bridgehead atoms. The summed E-state index contributed by atoms with van der Waals surface area (Å²) >= 11 is 0. The van der Waals surface area contributed by atoms with Crippen molar-refractivity contribution in [3.05, 3.63) is 59.7 Å². The molecule has 3 N–H and O–H groups in total. The van der Waals surface area contributed by atoms with Gasteiger partial charge in [0.1, 0.15) is 0 Å². The number of rotatable bonds is 4. The number of hydrogen-bond acceptors (Lipinski definition) is 4. The van der Waals surface area contributed by atoms with Crippen LogP contribution in [-0.2, 0) is 20.8 Å². The molecule has 6 heteroatoms. The van der Waals surface area contributed by atoms with Crippen LogP contribution in [0.2, 0.25) is 0 Å². The molecule has 0 aliphatic heterocycles. The smallest absolute Gasteiger partial charge is 0.323 e. The van der Waals surface area contributed by atoms with E-state index >= 15 is 0 Å². The normalized spacial score (nSPS) is 11.5. The lowest BCUT2D eigenvalue weighted by Crippen LogP contribution is -2.46.